The first kappa shape index (κ1) is 22.4. The molecule has 0 saturated carbocycles. The second-order valence-corrected chi connectivity index (χ2v) is 8.46. The molecule has 0 bridgehead atoms. The SMILES string of the molecule is Cc1cc([C@H]2CN(c3ncc(C(=O)O)cn3)C[C@@H]2NC(=O)OC(C)(C)C)c(F)cc1F. The normalized spacial score (nSPS) is 18.7. The van der Waals surface area contributed by atoms with Crippen LogP contribution in [-0.4, -0.2) is 51.9 Å². The van der Waals surface area contributed by atoms with Gasteiger partial charge in [0.05, 0.1) is 11.6 Å². The first-order valence-corrected chi connectivity index (χ1v) is 9.70. The standard InChI is InChI=1S/C21H24F2N4O4/c1-11-5-13(16(23)6-15(11)22)14-9-27(19-24-7-12(8-25-19)18(28)29)10-17(14)26-20(30)31-21(2,3)4/h5-8,14,17H,9-10H2,1-4H3,(H,26,30)(H,28,29)/t14-,17+/m1/s1. The zero-order valence-electron chi connectivity index (χ0n) is 17.6. The molecule has 31 heavy (non-hydrogen) atoms. The number of nitrogens with one attached hydrogen (secondary N) is 1. The van der Waals surface area contributed by atoms with Crippen molar-refractivity contribution < 1.29 is 28.2 Å². The molecule has 0 aliphatic carbocycles. The minimum Gasteiger partial charge on any atom is -0.478 e. The van der Waals surface area contributed by atoms with Crippen molar-refractivity contribution in [2.75, 3.05) is 18.0 Å². The van der Waals surface area contributed by atoms with Crippen LogP contribution in [0.3, 0.4) is 0 Å². The van der Waals surface area contributed by atoms with Crippen molar-refractivity contribution in [2.45, 2.75) is 45.3 Å². The van der Waals surface area contributed by atoms with Crippen LogP contribution in [0.25, 0.3) is 0 Å². The molecule has 10 heteroatoms. The van der Waals surface area contributed by atoms with Gasteiger partial charge >= 0.3 is 12.1 Å². The Morgan fingerprint density at radius 3 is 2.39 bits per heavy atom. The summed E-state index contributed by atoms with van der Waals surface area (Å²) in [6.45, 7) is 7.18. The van der Waals surface area contributed by atoms with Crippen LogP contribution in [-0.2, 0) is 4.74 Å². The smallest absolute Gasteiger partial charge is 0.407 e. The minimum atomic E-state index is -1.15. The molecule has 1 aromatic carbocycles. The fourth-order valence-corrected chi connectivity index (χ4v) is 3.45. The molecular weight excluding hydrogens is 410 g/mol. The Hall–Kier alpha value is -3.30. The van der Waals surface area contributed by atoms with E-state index in [-0.39, 0.29) is 35.7 Å². The lowest BCUT2D eigenvalue weighted by Crippen LogP contribution is -2.43. The second kappa shape index (κ2) is 8.44. The lowest BCUT2D eigenvalue weighted by Gasteiger charge is -2.24. The number of aryl methyl sites for hydroxylation is 1. The second-order valence-electron chi connectivity index (χ2n) is 8.46. The molecule has 1 aliphatic heterocycles. The van der Waals surface area contributed by atoms with Gasteiger partial charge < -0.3 is 20.1 Å². The van der Waals surface area contributed by atoms with Crippen LogP contribution in [0.2, 0.25) is 0 Å². The maximum atomic E-state index is 14.6. The van der Waals surface area contributed by atoms with E-state index in [9.17, 15) is 18.4 Å². The Balaban J connectivity index is 1.90. The number of aromatic carboxylic acids is 1. The number of alkyl carbamates (subject to hydrolysis) is 1. The third kappa shape index (κ3) is 5.25. The van der Waals surface area contributed by atoms with Crippen LogP contribution in [0.1, 0.15) is 48.2 Å². The summed E-state index contributed by atoms with van der Waals surface area (Å²) >= 11 is 0. The number of halogens is 2. The summed E-state index contributed by atoms with van der Waals surface area (Å²) in [7, 11) is 0. The molecule has 1 saturated heterocycles. The van der Waals surface area contributed by atoms with E-state index in [0.717, 1.165) is 6.07 Å². The van der Waals surface area contributed by atoms with Crippen molar-refractivity contribution in [2.24, 2.45) is 0 Å². The van der Waals surface area contributed by atoms with Crippen LogP contribution < -0.4 is 10.2 Å². The number of aromatic nitrogens is 2. The van der Waals surface area contributed by atoms with Crippen LogP contribution in [0.5, 0.6) is 0 Å². The highest BCUT2D eigenvalue weighted by Gasteiger charge is 2.38. The first-order chi connectivity index (χ1) is 14.4. The predicted octanol–water partition coefficient (Wildman–Crippen LogP) is 3.26. The van der Waals surface area contributed by atoms with Gasteiger partial charge in [0.2, 0.25) is 5.95 Å². The lowest BCUT2D eigenvalue weighted by atomic mass is 9.92. The van der Waals surface area contributed by atoms with E-state index in [0.29, 0.717) is 0 Å². The van der Waals surface area contributed by atoms with Gasteiger partial charge in [0.1, 0.15) is 17.2 Å². The van der Waals surface area contributed by atoms with Gasteiger partial charge in [-0.2, -0.15) is 0 Å². The summed E-state index contributed by atoms with van der Waals surface area (Å²) in [6.07, 6.45) is 1.69. The van der Waals surface area contributed by atoms with E-state index in [4.69, 9.17) is 9.84 Å². The predicted molar refractivity (Wildman–Crippen MR) is 108 cm³/mol. The van der Waals surface area contributed by atoms with Gasteiger partial charge in [-0.15, -0.1) is 0 Å². The highest BCUT2D eigenvalue weighted by atomic mass is 19.1. The maximum Gasteiger partial charge on any atom is 0.407 e. The van der Waals surface area contributed by atoms with Gasteiger partial charge in [-0.3, -0.25) is 0 Å². The van der Waals surface area contributed by atoms with Crippen LogP contribution >= 0.6 is 0 Å². The maximum absolute atomic E-state index is 14.6. The zero-order chi connectivity index (χ0) is 22.9. The average molecular weight is 434 g/mol. The Morgan fingerprint density at radius 2 is 1.81 bits per heavy atom. The Kier molecular flexibility index (Phi) is 6.10. The number of benzene rings is 1. The highest BCUT2D eigenvalue weighted by molar-refractivity contribution is 5.86. The molecule has 166 valence electrons. The highest BCUT2D eigenvalue weighted by Crippen LogP contribution is 2.32. The van der Waals surface area contributed by atoms with Crippen molar-refractivity contribution in [3.63, 3.8) is 0 Å². The van der Waals surface area contributed by atoms with Crippen molar-refractivity contribution in [1.29, 1.82) is 0 Å². The zero-order valence-corrected chi connectivity index (χ0v) is 17.6. The fourth-order valence-electron chi connectivity index (χ4n) is 3.45. The van der Waals surface area contributed by atoms with Crippen LogP contribution in [0.15, 0.2) is 24.5 Å². The number of rotatable bonds is 4. The van der Waals surface area contributed by atoms with Gasteiger partial charge in [-0.1, -0.05) is 0 Å². The monoisotopic (exact) mass is 434 g/mol. The van der Waals surface area contributed by atoms with E-state index >= 15 is 0 Å². The quantitative estimate of drug-likeness (QED) is 0.761. The number of carbonyl (C=O) groups is 2. The molecule has 1 amide bonds. The third-order valence-electron chi connectivity index (χ3n) is 4.87. The molecule has 2 atom stereocenters. The molecule has 8 nitrogen and oxygen atoms in total. The summed E-state index contributed by atoms with van der Waals surface area (Å²) in [5.74, 6) is -2.81. The van der Waals surface area contributed by atoms with Gasteiger partial charge in [0, 0.05) is 37.5 Å². The Bertz CT molecular complexity index is 992. The number of carboxylic acids is 1. The molecule has 0 unspecified atom stereocenters. The van der Waals surface area contributed by atoms with E-state index < -0.39 is 41.3 Å². The molecule has 3 rings (SSSR count). The van der Waals surface area contributed by atoms with Gasteiger partial charge in [-0.25, -0.2) is 28.3 Å². The van der Waals surface area contributed by atoms with E-state index in [1.807, 2.05) is 0 Å². The summed E-state index contributed by atoms with van der Waals surface area (Å²) in [5.41, 5.74) is -0.244. The lowest BCUT2D eigenvalue weighted by molar-refractivity contribution is 0.0504. The molecular formula is C21H24F2N4O4. The third-order valence-corrected chi connectivity index (χ3v) is 4.87. The van der Waals surface area contributed by atoms with E-state index in [1.54, 1.807) is 25.7 Å². The van der Waals surface area contributed by atoms with Crippen molar-refractivity contribution in [3.05, 3.63) is 52.9 Å². The number of carbonyl (C=O) groups excluding carboxylic acids is 1. The Labute approximate surface area is 178 Å². The summed E-state index contributed by atoms with van der Waals surface area (Å²) < 4.78 is 33.7. The molecule has 2 N–H and O–H groups in total. The summed E-state index contributed by atoms with van der Waals surface area (Å²) in [5, 5.41) is 11.8. The number of nitrogens with zero attached hydrogens (tertiary/aromatic N) is 3. The number of amides is 1. The molecule has 1 aliphatic rings. The number of hydrogen-bond acceptors (Lipinski definition) is 6. The van der Waals surface area contributed by atoms with Gasteiger partial charge in [0.15, 0.2) is 0 Å². The molecule has 2 aromatic rings. The summed E-state index contributed by atoms with van der Waals surface area (Å²) in [4.78, 5) is 33.2. The van der Waals surface area contributed by atoms with Crippen molar-refractivity contribution in [1.82, 2.24) is 15.3 Å². The van der Waals surface area contributed by atoms with Crippen molar-refractivity contribution >= 4 is 18.0 Å². The van der Waals surface area contributed by atoms with Crippen LogP contribution in [0, 0.1) is 18.6 Å². The minimum absolute atomic E-state index is 0.0665. The van der Waals surface area contributed by atoms with Gasteiger partial charge in [-0.05, 0) is 44.9 Å². The van der Waals surface area contributed by atoms with E-state index in [1.165, 1.54) is 25.4 Å². The Morgan fingerprint density at radius 1 is 1.16 bits per heavy atom. The van der Waals surface area contributed by atoms with Crippen molar-refractivity contribution in [3.8, 4) is 0 Å². The summed E-state index contributed by atoms with van der Waals surface area (Å²) in [6, 6.07) is 1.68. The largest absolute Gasteiger partial charge is 0.478 e. The molecule has 0 spiro atoms. The molecule has 2 heterocycles. The number of ether oxygens (including phenoxy) is 1. The number of hydrogen-bond donors (Lipinski definition) is 2. The topological polar surface area (TPSA) is 105 Å². The number of carboxylic acid groups (broad SMARTS) is 1. The first-order valence-electron chi connectivity index (χ1n) is 9.70. The van der Waals surface area contributed by atoms with Gasteiger partial charge in [0.25, 0.3) is 0 Å². The average Bonchev–Trinajstić information content (AvgIpc) is 3.06. The molecule has 1 aromatic heterocycles. The number of anilines is 1. The fraction of sp³-hybridized carbons (Fsp3) is 0.429. The molecule has 1 fully saturated rings. The van der Waals surface area contributed by atoms with Crippen LogP contribution in [0.4, 0.5) is 19.5 Å². The molecule has 0 radical (unpaired) electrons. The van der Waals surface area contributed by atoms with E-state index in [2.05, 4.69) is 15.3 Å².